The van der Waals surface area contributed by atoms with Gasteiger partial charge in [0, 0.05) is 34.5 Å². The summed E-state index contributed by atoms with van der Waals surface area (Å²) in [6.07, 6.45) is 1.66. The van der Waals surface area contributed by atoms with Crippen LogP contribution in [0.2, 0.25) is 0 Å². The van der Waals surface area contributed by atoms with Gasteiger partial charge in [0.05, 0.1) is 5.41 Å². The molecule has 0 bridgehead atoms. The number of ether oxygens (including phenoxy) is 1. The van der Waals surface area contributed by atoms with Gasteiger partial charge in [-0.25, -0.2) is 4.98 Å². The fraction of sp³-hybridized carbons (Fsp3) is 0.156. The molecule has 0 fully saturated rings. The maximum atomic E-state index is 13.1. The third kappa shape index (κ3) is 5.52. The molecular formula is C32H28N2O5. The van der Waals surface area contributed by atoms with Crippen LogP contribution >= 0.6 is 0 Å². The molecule has 7 nitrogen and oxygen atoms in total. The summed E-state index contributed by atoms with van der Waals surface area (Å²) in [6, 6.07) is 27.0. The number of benzene rings is 3. The average molecular weight is 521 g/mol. The number of pyridine rings is 1. The van der Waals surface area contributed by atoms with Gasteiger partial charge in [-0.15, -0.1) is 0 Å². The minimum absolute atomic E-state index is 0.0158. The van der Waals surface area contributed by atoms with Crippen molar-refractivity contribution in [3.63, 3.8) is 0 Å². The Hall–Kier alpha value is -4.91. The molecule has 0 saturated carbocycles. The van der Waals surface area contributed by atoms with Crippen LogP contribution in [-0.4, -0.2) is 28.6 Å². The van der Waals surface area contributed by atoms with E-state index < -0.39 is 11.4 Å². The number of carboxylic acid groups (broad SMARTS) is 1. The van der Waals surface area contributed by atoms with Gasteiger partial charge in [-0.05, 0) is 67.8 Å². The molecule has 0 unspecified atom stereocenters. The quantitative estimate of drug-likeness (QED) is 0.224. The van der Waals surface area contributed by atoms with E-state index in [1.807, 2.05) is 73.7 Å². The summed E-state index contributed by atoms with van der Waals surface area (Å²) >= 11 is 0. The zero-order valence-corrected chi connectivity index (χ0v) is 21.9. The summed E-state index contributed by atoms with van der Waals surface area (Å²) in [7, 11) is 0. The van der Waals surface area contributed by atoms with Crippen LogP contribution in [0.4, 0.5) is 5.69 Å². The SMILES string of the molecule is Cc1c(C(=O)Nc2ccc(-c3ccc(OCC(C)(C)C(=O)O)nc3)cc2)oc2ccc(-c3ccccc3)cc12. The van der Waals surface area contributed by atoms with Crippen molar-refractivity contribution in [1.82, 2.24) is 4.98 Å². The first-order chi connectivity index (χ1) is 18.7. The summed E-state index contributed by atoms with van der Waals surface area (Å²) in [6.45, 7) is 5.10. The Morgan fingerprint density at radius 2 is 1.56 bits per heavy atom. The lowest BCUT2D eigenvalue weighted by atomic mass is 9.95. The fourth-order valence-electron chi connectivity index (χ4n) is 4.13. The average Bonchev–Trinajstić information content (AvgIpc) is 3.29. The first kappa shape index (κ1) is 25.7. The zero-order valence-electron chi connectivity index (χ0n) is 21.9. The van der Waals surface area contributed by atoms with Crippen molar-refractivity contribution in [2.45, 2.75) is 20.8 Å². The molecule has 5 rings (SSSR count). The van der Waals surface area contributed by atoms with Crippen LogP contribution < -0.4 is 10.1 Å². The van der Waals surface area contributed by atoms with Crippen LogP contribution in [0.3, 0.4) is 0 Å². The minimum Gasteiger partial charge on any atom is -0.481 e. The maximum absolute atomic E-state index is 13.1. The van der Waals surface area contributed by atoms with Crippen LogP contribution in [0.1, 0.15) is 30.0 Å². The predicted octanol–water partition coefficient (Wildman–Crippen LogP) is 7.21. The van der Waals surface area contributed by atoms with Gasteiger partial charge < -0.3 is 19.6 Å². The molecular weight excluding hydrogens is 492 g/mol. The molecule has 39 heavy (non-hydrogen) atoms. The topological polar surface area (TPSA) is 102 Å². The van der Waals surface area contributed by atoms with E-state index in [0.717, 1.165) is 33.2 Å². The Kier molecular flexibility index (Phi) is 6.90. The molecule has 0 spiro atoms. The van der Waals surface area contributed by atoms with E-state index in [1.54, 1.807) is 26.1 Å². The van der Waals surface area contributed by atoms with Crippen molar-refractivity contribution in [3.8, 4) is 28.1 Å². The summed E-state index contributed by atoms with van der Waals surface area (Å²) in [5, 5.41) is 13.0. The van der Waals surface area contributed by atoms with Crippen molar-refractivity contribution < 1.29 is 23.8 Å². The van der Waals surface area contributed by atoms with Gasteiger partial charge in [-0.3, -0.25) is 9.59 Å². The van der Waals surface area contributed by atoms with Gasteiger partial charge in [0.1, 0.15) is 12.2 Å². The molecule has 0 radical (unpaired) electrons. The number of carbonyl (C=O) groups is 2. The van der Waals surface area contributed by atoms with E-state index in [1.165, 1.54) is 0 Å². The Balaban J connectivity index is 1.27. The molecule has 2 aromatic heterocycles. The molecule has 0 aliphatic rings. The lowest BCUT2D eigenvalue weighted by molar-refractivity contribution is -0.148. The van der Waals surface area contributed by atoms with E-state index >= 15 is 0 Å². The van der Waals surface area contributed by atoms with Gasteiger partial charge in [0.15, 0.2) is 5.76 Å². The number of hydrogen-bond donors (Lipinski definition) is 2. The molecule has 0 saturated heterocycles. The van der Waals surface area contributed by atoms with E-state index in [2.05, 4.69) is 22.4 Å². The molecule has 2 N–H and O–H groups in total. The summed E-state index contributed by atoms with van der Waals surface area (Å²) in [5.74, 6) is -0.608. The summed E-state index contributed by atoms with van der Waals surface area (Å²) in [4.78, 5) is 28.6. The molecule has 196 valence electrons. The summed E-state index contributed by atoms with van der Waals surface area (Å²) < 4.78 is 11.5. The van der Waals surface area contributed by atoms with Crippen molar-refractivity contribution in [2.24, 2.45) is 5.41 Å². The van der Waals surface area contributed by atoms with Crippen LogP contribution in [0, 0.1) is 12.3 Å². The minimum atomic E-state index is -1.01. The van der Waals surface area contributed by atoms with Gasteiger partial charge in [-0.1, -0.05) is 48.5 Å². The molecule has 0 atom stereocenters. The second-order valence-corrected chi connectivity index (χ2v) is 10.0. The number of fused-ring (bicyclic) bond motifs is 1. The smallest absolute Gasteiger partial charge is 0.312 e. The van der Waals surface area contributed by atoms with Crippen molar-refractivity contribution >= 4 is 28.5 Å². The van der Waals surface area contributed by atoms with Crippen molar-refractivity contribution in [3.05, 3.63) is 102 Å². The van der Waals surface area contributed by atoms with E-state index in [9.17, 15) is 14.7 Å². The highest BCUT2D eigenvalue weighted by Gasteiger charge is 2.28. The molecule has 2 heterocycles. The highest BCUT2D eigenvalue weighted by molar-refractivity contribution is 6.06. The lowest BCUT2D eigenvalue weighted by Gasteiger charge is -2.19. The fourth-order valence-corrected chi connectivity index (χ4v) is 4.13. The third-order valence-corrected chi connectivity index (χ3v) is 6.62. The molecule has 7 heteroatoms. The number of nitrogens with one attached hydrogen (secondary N) is 1. The lowest BCUT2D eigenvalue weighted by Crippen LogP contribution is -2.30. The van der Waals surface area contributed by atoms with Crippen molar-refractivity contribution in [1.29, 1.82) is 0 Å². The number of amides is 1. The van der Waals surface area contributed by atoms with E-state index in [4.69, 9.17) is 9.15 Å². The standard InChI is InChI=1S/C32H28N2O5/c1-20-26-17-23(21-7-5-4-6-8-21)11-15-27(26)39-29(20)30(35)34-25-13-9-22(10-14-25)24-12-16-28(33-18-24)38-19-32(2,3)31(36)37/h4-18H,19H2,1-3H3,(H,34,35)(H,36,37). The van der Waals surface area contributed by atoms with E-state index in [-0.39, 0.29) is 18.3 Å². The summed E-state index contributed by atoms with van der Waals surface area (Å²) in [5.41, 5.74) is 5.02. The Bertz CT molecular complexity index is 1640. The number of rotatable bonds is 8. The Morgan fingerprint density at radius 3 is 2.23 bits per heavy atom. The number of aryl methyl sites for hydroxylation is 1. The molecule has 1 amide bonds. The highest BCUT2D eigenvalue weighted by atomic mass is 16.5. The van der Waals surface area contributed by atoms with Crippen molar-refractivity contribution in [2.75, 3.05) is 11.9 Å². The van der Waals surface area contributed by atoms with E-state index in [0.29, 0.717) is 17.2 Å². The number of nitrogens with zero attached hydrogens (tertiary/aromatic N) is 1. The van der Waals surface area contributed by atoms with Crippen LogP contribution in [0.5, 0.6) is 5.88 Å². The zero-order chi connectivity index (χ0) is 27.6. The van der Waals surface area contributed by atoms with Crippen LogP contribution in [0.25, 0.3) is 33.2 Å². The Morgan fingerprint density at radius 1 is 0.897 bits per heavy atom. The number of carbonyl (C=O) groups excluding carboxylic acids is 1. The molecule has 3 aromatic carbocycles. The second kappa shape index (κ2) is 10.5. The monoisotopic (exact) mass is 520 g/mol. The van der Waals surface area contributed by atoms with Gasteiger partial charge in [0.2, 0.25) is 5.88 Å². The molecule has 0 aliphatic carbocycles. The second-order valence-electron chi connectivity index (χ2n) is 10.0. The number of carboxylic acids is 1. The number of furan rings is 1. The number of anilines is 1. The number of hydrogen-bond acceptors (Lipinski definition) is 5. The first-order valence-corrected chi connectivity index (χ1v) is 12.5. The van der Waals surface area contributed by atoms with Crippen LogP contribution in [-0.2, 0) is 4.79 Å². The third-order valence-electron chi connectivity index (χ3n) is 6.62. The maximum Gasteiger partial charge on any atom is 0.312 e. The largest absolute Gasteiger partial charge is 0.481 e. The highest BCUT2D eigenvalue weighted by Crippen LogP contribution is 2.31. The normalized spacial score (nSPS) is 11.4. The molecule has 5 aromatic rings. The Labute approximate surface area is 226 Å². The molecule has 0 aliphatic heterocycles. The first-order valence-electron chi connectivity index (χ1n) is 12.5. The van der Waals surface area contributed by atoms with Gasteiger partial charge in [0.25, 0.3) is 5.91 Å². The number of aromatic nitrogens is 1. The van der Waals surface area contributed by atoms with Gasteiger partial charge in [-0.2, -0.15) is 0 Å². The van der Waals surface area contributed by atoms with Crippen LogP contribution in [0.15, 0.2) is 95.5 Å². The van der Waals surface area contributed by atoms with Gasteiger partial charge >= 0.3 is 5.97 Å². The number of aliphatic carboxylic acids is 1. The predicted molar refractivity (Wildman–Crippen MR) is 151 cm³/mol.